The van der Waals surface area contributed by atoms with Crippen molar-refractivity contribution in [2.75, 3.05) is 38.1 Å². The molecule has 0 aliphatic carbocycles. The molecule has 2 fully saturated rings. The predicted octanol–water partition coefficient (Wildman–Crippen LogP) is 1.67. The maximum atomic E-state index is 12.7. The van der Waals surface area contributed by atoms with E-state index in [4.69, 9.17) is 0 Å². The topological polar surface area (TPSA) is 52.7 Å². The van der Waals surface area contributed by atoms with E-state index in [1.165, 1.54) is 5.56 Å². The average Bonchev–Trinajstić information content (AvgIpc) is 3.22. The Morgan fingerprint density at radius 1 is 1.25 bits per heavy atom. The number of carbonyl (C=O) groups excluding carboxylic acids is 2. The number of aryl methyl sites for hydroxylation is 1. The molecule has 0 bridgehead atoms. The van der Waals surface area contributed by atoms with Gasteiger partial charge in [0.1, 0.15) is 0 Å². The van der Waals surface area contributed by atoms with E-state index in [9.17, 15) is 9.59 Å². The lowest BCUT2D eigenvalue weighted by Crippen LogP contribution is -2.36. The highest BCUT2D eigenvalue weighted by molar-refractivity contribution is 6.00. The Labute approximate surface area is 144 Å². The van der Waals surface area contributed by atoms with Crippen molar-refractivity contribution < 1.29 is 9.59 Å². The predicted molar refractivity (Wildman–Crippen MR) is 94.9 cm³/mol. The number of nitrogens with one attached hydrogen (secondary N) is 1. The SMILES string of the molecule is CCc1ccc(N2CC(C(=O)N3CCC(CNC)C3)CC2=O)cc1. The zero-order chi connectivity index (χ0) is 17.1. The fourth-order valence-corrected chi connectivity index (χ4v) is 3.78. The molecule has 1 N–H and O–H groups in total. The summed E-state index contributed by atoms with van der Waals surface area (Å²) in [6.07, 6.45) is 2.37. The Morgan fingerprint density at radius 2 is 2.00 bits per heavy atom. The van der Waals surface area contributed by atoms with Gasteiger partial charge in [0, 0.05) is 31.7 Å². The average molecular weight is 329 g/mol. The Bertz CT molecular complexity index is 599. The fraction of sp³-hybridized carbons (Fsp3) is 0.579. The van der Waals surface area contributed by atoms with Crippen LogP contribution in [0, 0.1) is 11.8 Å². The van der Waals surface area contributed by atoms with Crippen LogP contribution in [-0.2, 0) is 16.0 Å². The number of rotatable bonds is 5. The van der Waals surface area contributed by atoms with Crippen LogP contribution < -0.4 is 10.2 Å². The summed E-state index contributed by atoms with van der Waals surface area (Å²) in [7, 11) is 1.95. The summed E-state index contributed by atoms with van der Waals surface area (Å²) in [5, 5.41) is 3.18. The Kier molecular flexibility index (Phi) is 5.19. The normalized spacial score (nSPS) is 24.0. The van der Waals surface area contributed by atoms with Gasteiger partial charge in [0.15, 0.2) is 0 Å². The second kappa shape index (κ2) is 7.34. The second-order valence-corrected chi connectivity index (χ2v) is 6.92. The van der Waals surface area contributed by atoms with Gasteiger partial charge >= 0.3 is 0 Å². The van der Waals surface area contributed by atoms with Gasteiger partial charge in [-0.1, -0.05) is 19.1 Å². The third-order valence-corrected chi connectivity index (χ3v) is 5.22. The summed E-state index contributed by atoms with van der Waals surface area (Å²) >= 11 is 0. The summed E-state index contributed by atoms with van der Waals surface area (Å²) in [5.74, 6) is 0.545. The highest BCUT2D eigenvalue weighted by atomic mass is 16.2. The Balaban J connectivity index is 1.62. The van der Waals surface area contributed by atoms with E-state index >= 15 is 0 Å². The molecule has 2 heterocycles. The van der Waals surface area contributed by atoms with Crippen LogP contribution >= 0.6 is 0 Å². The van der Waals surface area contributed by atoms with Crippen LogP contribution in [0.2, 0.25) is 0 Å². The molecule has 2 aliphatic heterocycles. The van der Waals surface area contributed by atoms with Gasteiger partial charge in [-0.25, -0.2) is 0 Å². The summed E-state index contributed by atoms with van der Waals surface area (Å²) in [4.78, 5) is 28.8. The molecular weight excluding hydrogens is 302 g/mol. The van der Waals surface area contributed by atoms with Crippen LogP contribution in [0.5, 0.6) is 0 Å². The van der Waals surface area contributed by atoms with Crippen molar-refractivity contribution >= 4 is 17.5 Å². The Morgan fingerprint density at radius 3 is 2.67 bits per heavy atom. The van der Waals surface area contributed by atoms with E-state index in [-0.39, 0.29) is 17.7 Å². The van der Waals surface area contributed by atoms with Crippen molar-refractivity contribution in [2.24, 2.45) is 11.8 Å². The van der Waals surface area contributed by atoms with Gasteiger partial charge in [-0.05, 0) is 50.0 Å². The van der Waals surface area contributed by atoms with E-state index in [1.807, 2.05) is 24.1 Å². The van der Waals surface area contributed by atoms with E-state index in [2.05, 4.69) is 24.4 Å². The third kappa shape index (κ3) is 3.46. The lowest BCUT2D eigenvalue weighted by Gasteiger charge is -2.21. The molecule has 2 atom stereocenters. The van der Waals surface area contributed by atoms with E-state index < -0.39 is 0 Å². The first-order chi connectivity index (χ1) is 11.6. The number of amides is 2. The zero-order valence-corrected chi connectivity index (χ0v) is 14.6. The highest BCUT2D eigenvalue weighted by Crippen LogP contribution is 2.28. The number of nitrogens with zero attached hydrogens (tertiary/aromatic N) is 2. The molecule has 5 heteroatoms. The van der Waals surface area contributed by atoms with E-state index in [1.54, 1.807) is 4.90 Å². The minimum Gasteiger partial charge on any atom is -0.342 e. The zero-order valence-electron chi connectivity index (χ0n) is 14.6. The van der Waals surface area contributed by atoms with Gasteiger partial charge in [-0.3, -0.25) is 9.59 Å². The standard InChI is InChI=1S/C19H27N3O2/c1-3-14-4-6-17(7-5-14)22-13-16(10-18(22)23)19(24)21-9-8-15(12-21)11-20-2/h4-7,15-16,20H,3,8-13H2,1-2H3. The molecule has 24 heavy (non-hydrogen) atoms. The lowest BCUT2D eigenvalue weighted by atomic mass is 10.1. The first-order valence-electron chi connectivity index (χ1n) is 8.95. The number of carbonyl (C=O) groups is 2. The maximum Gasteiger partial charge on any atom is 0.228 e. The number of benzene rings is 1. The minimum absolute atomic E-state index is 0.0589. The first kappa shape index (κ1) is 17.0. The second-order valence-electron chi connectivity index (χ2n) is 6.92. The van der Waals surface area contributed by atoms with E-state index in [0.717, 1.165) is 38.2 Å². The molecule has 2 amide bonds. The Hall–Kier alpha value is -1.88. The van der Waals surface area contributed by atoms with Crippen molar-refractivity contribution in [1.29, 1.82) is 0 Å². The molecule has 1 aromatic rings. The van der Waals surface area contributed by atoms with Gasteiger partial charge in [0.2, 0.25) is 11.8 Å². The summed E-state index contributed by atoms with van der Waals surface area (Å²) in [6.45, 7) is 5.21. The van der Waals surface area contributed by atoms with Gasteiger partial charge in [0.05, 0.1) is 5.92 Å². The first-order valence-corrected chi connectivity index (χ1v) is 8.95. The molecule has 0 radical (unpaired) electrons. The van der Waals surface area contributed by atoms with Crippen LogP contribution in [0.15, 0.2) is 24.3 Å². The van der Waals surface area contributed by atoms with Crippen molar-refractivity contribution in [1.82, 2.24) is 10.2 Å². The van der Waals surface area contributed by atoms with Crippen LogP contribution in [0.3, 0.4) is 0 Å². The quantitative estimate of drug-likeness (QED) is 0.894. The van der Waals surface area contributed by atoms with Crippen LogP contribution in [0.1, 0.15) is 25.3 Å². The monoisotopic (exact) mass is 329 g/mol. The molecule has 2 saturated heterocycles. The summed E-state index contributed by atoms with van der Waals surface area (Å²) < 4.78 is 0. The highest BCUT2D eigenvalue weighted by Gasteiger charge is 2.38. The number of anilines is 1. The van der Waals surface area contributed by atoms with Crippen molar-refractivity contribution in [3.05, 3.63) is 29.8 Å². The minimum atomic E-state index is -0.198. The molecule has 0 spiro atoms. The van der Waals surface area contributed by atoms with E-state index in [0.29, 0.717) is 18.9 Å². The molecular formula is C19H27N3O2. The largest absolute Gasteiger partial charge is 0.342 e. The van der Waals surface area contributed by atoms with Crippen molar-refractivity contribution in [3.8, 4) is 0 Å². The van der Waals surface area contributed by atoms with Crippen molar-refractivity contribution in [2.45, 2.75) is 26.2 Å². The molecule has 130 valence electrons. The number of hydrogen-bond donors (Lipinski definition) is 1. The van der Waals surface area contributed by atoms with Gasteiger partial charge < -0.3 is 15.1 Å². The summed E-state index contributed by atoms with van der Waals surface area (Å²) in [5.41, 5.74) is 2.16. The van der Waals surface area contributed by atoms with Crippen molar-refractivity contribution in [3.63, 3.8) is 0 Å². The summed E-state index contributed by atoms with van der Waals surface area (Å²) in [6, 6.07) is 8.09. The molecule has 0 aromatic heterocycles. The van der Waals surface area contributed by atoms with Gasteiger partial charge in [-0.15, -0.1) is 0 Å². The molecule has 0 saturated carbocycles. The lowest BCUT2D eigenvalue weighted by molar-refractivity contribution is -0.134. The molecule has 1 aromatic carbocycles. The van der Waals surface area contributed by atoms with Crippen LogP contribution in [0.4, 0.5) is 5.69 Å². The van der Waals surface area contributed by atoms with Crippen LogP contribution in [-0.4, -0.2) is 49.9 Å². The maximum absolute atomic E-state index is 12.7. The number of likely N-dealkylation sites (tertiary alicyclic amines) is 1. The molecule has 5 nitrogen and oxygen atoms in total. The molecule has 2 aliphatic rings. The number of hydrogen-bond acceptors (Lipinski definition) is 3. The van der Waals surface area contributed by atoms with Gasteiger partial charge in [0.25, 0.3) is 0 Å². The fourth-order valence-electron chi connectivity index (χ4n) is 3.78. The third-order valence-electron chi connectivity index (χ3n) is 5.22. The van der Waals surface area contributed by atoms with Gasteiger partial charge in [-0.2, -0.15) is 0 Å². The molecule has 2 unspecified atom stereocenters. The smallest absolute Gasteiger partial charge is 0.228 e. The molecule has 3 rings (SSSR count). The van der Waals surface area contributed by atoms with Crippen LogP contribution in [0.25, 0.3) is 0 Å².